The zero-order valence-electron chi connectivity index (χ0n) is 37.8. The molecule has 0 rings (SSSR count). The van der Waals surface area contributed by atoms with Crippen molar-refractivity contribution in [1.29, 1.82) is 0 Å². The second kappa shape index (κ2) is 45.2. The number of unbranched alkanes of at least 4 members (excludes halogenated alkanes) is 11. The molecular weight excluding hydrogens is 772 g/mol. The highest BCUT2D eigenvalue weighted by Gasteiger charge is 2.25. The summed E-state index contributed by atoms with van der Waals surface area (Å²) >= 11 is 0. The molecule has 0 radical (unpaired) electrons. The number of phosphoric acid groups is 1. The van der Waals surface area contributed by atoms with Gasteiger partial charge in [-0.05, 0) is 96.8 Å². The molecule has 9 heteroatoms. The molecule has 0 aromatic carbocycles. The van der Waals surface area contributed by atoms with E-state index in [1.165, 1.54) is 38.5 Å². The number of ether oxygens (including phenoxy) is 2. The predicted octanol–water partition coefficient (Wildman–Crippen LogP) is 15.0. The average molecular weight is 855 g/mol. The van der Waals surface area contributed by atoms with E-state index in [9.17, 15) is 19.0 Å². The van der Waals surface area contributed by atoms with Crippen LogP contribution in [0.15, 0.2) is 109 Å². The van der Waals surface area contributed by atoms with Crippen LogP contribution < -0.4 is 0 Å². The molecule has 0 aliphatic heterocycles. The Morgan fingerprint density at radius 2 is 0.817 bits per heavy atom. The zero-order valence-corrected chi connectivity index (χ0v) is 38.7. The summed E-state index contributed by atoms with van der Waals surface area (Å²) in [6.45, 7) is 5.16. The van der Waals surface area contributed by atoms with Gasteiger partial charge in [0.15, 0.2) is 6.10 Å². The number of allylic oxidation sites excluding steroid dienone is 18. The lowest BCUT2D eigenvalue weighted by Crippen LogP contribution is -2.29. The summed E-state index contributed by atoms with van der Waals surface area (Å²) < 4.78 is 32.6. The first-order chi connectivity index (χ1) is 29.3. The van der Waals surface area contributed by atoms with Gasteiger partial charge in [-0.2, -0.15) is 0 Å². The quantitative estimate of drug-likeness (QED) is 0.0280. The second-order valence-electron chi connectivity index (χ2n) is 14.7. The number of carbonyl (C=O) groups is 2. The minimum absolute atomic E-state index is 0.0171. The van der Waals surface area contributed by atoms with Gasteiger partial charge in [0.2, 0.25) is 0 Å². The first kappa shape index (κ1) is 56.7. The Balaban J connectivity index is 4.12. The van der Waals surface area contributed by atoms with Gasteiger partial charge in [0.05, 0.1) is 13.2 Å². The number of hydrogen-bond acceptors (Lipinski definition) is 7. The maximum atomic E-state index is 12.6. The van der Waals surface area contributed by atoms with Crippen molar-refractivity contribution in [3.05, 3.63) is 109 Å². The van der Waals surface area contributed by atoms with Crippen molar-refractivity contribution in [2.75, 3.05) is 19.8 Å². The van der Waals surface area contributed by atoms with E-state index in [4.69, 9.17) is 18.5 Å². The van der Waals surface area contributed by atoms with Crippen LogP contribution in [0, 0.1) is 0 Å². The van der Waals surface area contributed by atoms with Gasteiger partial charge in [-0.1, -0.05) is 175 Å². The molecule has 0 fully saturated rings. The first-order valence-electron chi connectivity index (χ1n) is 23.2. The van der Waals surface area contributed by atoms with E-state index >= 15 is 0 Å². The third-order valence-electron chi connectivity index (χ3n) is 9.07. The van der Waals surface area contributed by atoms with Crippen molar-refractivity contribution in [3.63, 3.8) is 0 Å². The van der Waals surface area contributed by atoms with E-state index in [0.717, 1.165) is 89.9 Å². The number of esters is 2. The number of rotatable bonds is 41. The summed E-state index contributed by atoms with van der Waals surface area (Å²) in [6, 6.07) is 0. The number of hydrogen-bond donors (Lipinski definition) is 1. The lowest BCUT2D eigenvalue weighted by Gasteiger charge is -2.19. The van der Waals surface area contributed by atoms with Crippen molar-refractivity contribution in [2.24, 2.45) is 0 Å². The highest BCUT2D eigenvalue weighted by molar-refractivity contribution is 7.47. The van der Waals surface area contributed by atoms with Crippen molar-refractivity contribution in [1.82, 2.24) is 0 Å². The summed E-state index contributed by atoms with van der Waals surface area (Å²) in [5.74, 6) is -0.880. The van der Waals surface area contributed by atoms with Gasteiger partial charge in [0, 0.05) is 12.8 Å². The lowest BCUT2D eigenvalue weighted by molar-refractivity contribution is -0.161. The SMILES string of the molecule is CC/C=C\C/C=C\C/C=C\C/C=C\C/C=C\CCCC(=O)OC(COC(=O)CCCCCCCCCCCC/C=C\C/C=C\C/C=C\C/C=C\CC)COP(=O)(O)OCC. The molecule has 0 bridgehead atoms. The Labute approximate surface area is 366 Å². The van der Waals surface area contributed by atoms with Crippen molar-refractivity contribution >= 4 is 19.8 Å². The molecule has 0 aliphatic rings. The molecule has 0 spiro atoms. The second-order valence-corrected chi connectivity index (χ2v) is 16.1. The van der Waals surface area contributed by atoms with Crippen LogP contribution >= 0.6 is 7.82 Å². The molecule has 2 atom stereocenters. The topological polar surface area (TPSA) is 108 Å². The number of carbonyl (C=O) groups excluding carboxylic acids is 2. The number of phosphoric ester groups is 1. The molecule has 8 nitrogen and oxygen atoms in total. The van der Waals surface area contributed by atoms with Crippen LogP contribution in [0.5, 0.6) is 0 Å². The van der Waals surface area contributed by atoms with E-state index in [2.05, 4.69) is 117 Å². The summed E-state index contributed by atoms with van der Waals surface area (Å²) in [5.41, 5.74) is 0. The standard InChI is InChI=1S/C51H83O8P/c1-4-7-9-11-13-15-17-19-21-23-24-25-26-27-28-30-31-33-35-37-39-41-43-45-50(52)56-47-49(48-58-60(54,55)57-6-3)59-51(53)46-44-42-40-38-36-34-32-29-22-20-18-16-14-12-10-8-5-2/h7-10,13-16,19-22,24-25,32,34,38,40,49H,4-6,11-12,17-18,23,26-31,33,35-37,39,41-48H2,1-3H3,(H,54,55)/b9-7-,10-8-,15-13-,16-14-,21-19-,22-20-,25-24-,34-32-,40-38-. The fraction of sp³-hybridized carbons (Fsp3) is 0.608. The molecule has 0 saturated heterocycles. The van der Waals surface area contributed by atoms with Crippen LogP contribution in [0.2, 0.25) is 0 Å². The van der Waals surface area contributed by atoms with Gasteiger partial charge in [-0.3, -0.25) is 18.6 Å². The highest BCUT2D eigenvalue weighted by Crippen LogP contribution is 2.43. The molecule has 0 amide bonds. The van der Waals surface area contributed by atoms with E-state index in [-0.39, 0.29) is 26.1 Å². The zero-order chi connectivity index (χ0) is 43.9. The van der Waals surface area contributed by atoms with Crippen molar-refractivity contribution in [3.8, 4) is 0 Å². The van der Waals surface area contributed by atoms with E-state index in [0.29, 0.717) is 12.8 Å². The molecule has 0 heterocycles. The Morgan fingerprint density at radius 3 is 1.25 bits per heavy atom. The minimum atomic E-state index is -4.31. The fourth-order valence-corrected chi connectivity index (χ4v) is 6.53. The van der Waals surface area contributed by atoms with Crippen molar-refractivity contribution < 1.29 is 37.6 Å². The van der Waals surface area contributed by atoms with Gasteiger partial charge in [0.1, 0.15) is 6.61 Å². The third-order valence-corrected chi connectivity index (χ3v) is 10.1. The summed E-state index contributed by atoms with van der Waals surface area (Å²) in [5, 5.41) is 0. The molecule has 0 aliphatic carbocycles. The molecule has 0 aromatic heterocycles. The maximum Gasteiger partial charge on any atom is 0.472 e. The van der Waals surface area contributed by atoms with E-state index in [1.54, 1.807) is 6.92 Å². The highest BCUT2D eigenvalue weighted by atomic mass is 31.2. The lowest BCUT2D eigenvalue weighted by atomic mass is 10.1. The summed E-state index contributed by atoms with van der Waals surface area (Å²) in [4.78, 5) is 34.8. The van der Waals surface area contributed by atoms with Crippen LogP contribution in [0.25, 0.3) is 0 Å². The van der Waals surface area contributed by atoms with Gasteiger partial charge in [-0.25, -0.2) is 4.57 Å². The summed E-state index contributed by atoms with van der Waals surface area (Å²) in [6.07, 6.45) is 61.5. The molecule has 0 saturated carbocycles. The van der Waals surface area contributed by atoms with E-state index in [1.807, 2.05) is 6.08 Å². The molecule has 340 valence electrons. The molecular formula is C51H83O8P. The Morgan fingerprint density at radius 1 is 0.450 bits per heavy atom. The summed E-state index contributed by atoms with van der Waals surface area (Å²) in [7, 11) is -4.31. The first-order valence-corrected chi connectivity index (χ1v) is 24.7. The maximum absolute atomic E-state index is 12.6. The molecule has 1 N–H and O–H groups in total. The average Bonchev–Trinajstić information content (AvgIpc) is 3.23. The van der Waals surface area contributed by atoms with Crippen LogP contribution in [0.4, 0.5) is 0 Å². The third kappa shape index (κ3) is 44.3. The van der Waals surface area contributed by atoms with E-state index < -0.39 is 32.5 Å². The van der Waals surface area contributed by atoms with Crippen LogP contribution in [0.1, 0.15) is 175 Å². The smallest absolute Gasteiger partial charge is 0.462 e. The van der Waals surface area contributed by atoms with Gasteiger partial charge < -0.3 is 14.4 Å². The molecule has 60 heavy (non-hydrogen) atoms. The van der Waals surface area contributed by atoms with Gasteiger partial charge >= 0.3 is 19.8 Å². The minimum Gasteiger partial charge on any atom is -0.462 e. The van der Waals surface area contributed by atoms with Gasteiger partial charge in [0.25, 0.3) is 0 Å². The Hall–Kier alpha value is -3.29. The molecule has 0 aromatic rings. The Bertz CT molecular complexity index is 1340. The van der Waals surface area contributed by atoms with Crippen LogP contribution in [0.3, 0.4) is 0 Å². The normalized spacial score (nSPS) is 14.3. The largest absolute Gasteiger partial charge is 0.472 e. The van der Waals surface area contributed by atoms with Crippen LogP contribution in [-0.2, 0) is 32.7 Å². The van der Waals surface area contributed by atoms with Crippen molar-refractivity contribution in [2.45, 2.75) is 181 Å². The molecule has 2 unspecified atom stereocenters. The van der Waals surface area contributed by atoms with Crippen LogP contribution in [-0.4, -0.2) is 42.8 Å². The Kier molecular flexibility index (Phi) is 42.8. The fourth-order valence-electron chi connectivity index (χ4n) is 5.77. The monoisotopic (exact) mass is 855 g/mol. The predicted molar refractivity (Wildman–Crippen MR) is 253 cm³/mol. The van der Waals surface area contributed by atoms with Gasteiger partial charge in [-0.15, -0.1) is 0 Å².